The summed E-state index contributed by atoms with van der Waals surface area (Å²) in [5.74, 6) is -0.675. The number of carbonyl (C=O) groups excluding carboxylic acids is 1. The molecule has 27 heavy (non-hydrogen) atoms. The predicted molar refractivity (Wildman–Crippen MR) is 106 cm³/mol. The third kappa shape index (κ3) is 4.52. The van der Waals surface area contributed by atoms with Crippen LogP contribution in [-0.2, 0) is 21.4 Å². The Morgan fingerprint density at radius 3 is 2.30 bits per heavy atom. The van der Waals surface area contributed by atoms with Gasteiger partial charge in [0.15, 0.2) is 0 Å². The molecule has 8 heteroatoms. The number of benzene rings is 2. The van der Waals surface area contributed by atoms with Gasteiger partial charge in [0.05, 0.1) is 5.75 Å². The first-order valence-electron chi connectivity index (χ1n) is 8.61. The van der Waals surface area contributed by atoms with Crippen molar-refractivity contribution in [3.8, 4) is 11.1 Å². The molecule has 0 bridgehead atoms. The summed E-state index contributed by atoms with van der Waals surface area (Å²) in [5.41, 5.74) is 4.50. The lowest BCUT2D eigenvalue weighted by atomic mass is 10.0. The van der Waals surface area contributed by atoms with E-state index in [9.17, 15) is 13.2 Å². The van der Waals surface area contributed by atoms with Crippen LogP contribution in [0, 0.1) is 0 Å². The Hall–Kier alpha value is -1.87. The normalized spacial score (nSPS) is 19.6. The van der Waals surface area contributed by atoms with Crippen LogP contribution < -0.4 is 5.48 Å². The fraction of sp³-hybridized carbons (Fsp3) is 0.316. The topological polar surface area (TPSA) is 86.7 Å². The number of hydrogen-bond donors (Lipinski definition) is 2. The third-order valence-corrected chi connectivity index (χ3v) is 7.36. The number of hydrogen-bond acceptors (Lipinski definition) is 5. The number of amides is 1. The minimum Gasteiger partial charge on any atom is -0.289 e. The van der Waals surface area contributed by atoms with Crippen LogP contribution in [0.1, 0.15) is 18.4 Å². The molecule has 1 amide bonds. The monoisotopic (exact) mass is 406 g/mol. The van der Waals surface area contributed by atoms with Crippen molar-refractivity contribution < 1.29 is 18.4 Å². The fourth-order valence-corrected chi connectivity index (χ4v) is 5.33. The average Bonchev–Trinajstić information content (AvgIpc) is 2.69. The second kappa shape index (κ2) is 8.43. The van der Waals surface area contributed by atoms with Gasteiger partial charge >= 0.3 is 0 Å². The molecule has 1 atom stereocenters. The average molecular weight is 407 g/mol. The van der Waals surface area contributed by atoms with Crippen LogP contribution in [0.4, 0.5) is 0 Å². The first-order chi connectivity index (χ1) is 12.9. The number of nitrogens with one attached hydrogen (secondary N) is 1. The molecule has 6 nitrogen and oxygen atoms in total. The molecular weight excluding hydrogens is 384 g/mol. The molecule has 0 saturated carbocycles. The minimum atomic E-state index is -3.54. The molecule has 0 spiro atoms. The van der Waals surface area contributed by atoms with Gasteiger partial charge in [0.25, 0.3) is 5.91 Å². The van der Waals surface area contributed by atoms with Crippen LogP contribution in [0.3, 0.4) is 0 Å². The maximum absolute atomic E-state index is 12.4. The molecule has 2 N–H and O–H groups in total. The van der Waals surface area contributed by atoms with Gasteiger partial charge in [-0.15, -0.1) is 11.8 Å². The number of carbonyl (C=O) groups is 1. The highest BCUT2D eigenvalue weighted by Gasteiger charge is 2.38. The van der Waals surface area contributed by atoms with Crippen LogP contribution in [0.2, 0.25) is 0 Å². The van der Waals surface area contributed by atoms with E-state index in [0.29, 0.717) is 12.8 Å². The molecule has 0 unspecified atom stereocenters. The molecule has 2 aromatic carbocycles. The molecule has 1 saturated heterocycles. The molecule has 1 fully saturated rings. The van der Waals surface area contributed by atoms with Crippen molar-refractivity contribution in [3.63, 3.8) is 0 Å². The van der Waals surface area contributed by atoms with Crippen molar-refractivity contribution in [3.05, 3.63) is 54.1 Å². The minimum absolute atomic E-state index is 0.0160. The molecule has 1 aliphatic rings. The van der Waals surface area contributed by atoms with E-state index in [-0.39, 0.29) is 12.3 Å². The summed E-state index contributed by atoms with van der Waals surface area (Å²) in [6, 6.07) is 15.0. The number of hydroxylamine groups is 1. The van der Waals surface area contributed by atoms with Gasteiger partial charge in [0.2, 0.25) is 10.0 Å². The maximum atomic E-state index is 12.4. The number of thioether (sulfide) groups is 1. The van der Waals surface area contributed by atoms with Crippen molar-refractivity contribution in [2.24, 2.45) is 0 Å². The SMILES string of the molecule is CSc1ccc(-c2ccc(CN3[C@H](C(=O)NO)CCCS3(=O)=O)cc2)cc1. The number of nitrogens with zero attached hydrogens (tertiary/aromatic N) is 1. The van der Waals surface area contributed by atoms with E-state index in [0.717, 1.165) is 16.7 Å². The predicted octanol–water partition coefficient (Wildman–Crippen LogP) is 2.88. The van der Waals surface area contributed by atoms with Crippen molar-refractivity contribution in [1.29, 1.82) is 0 Å². The number of sulfonamides is 1. The smallest absolute Gasteiger partial charge is 0.261 e. The highest BCUT2D eigenvalue weighted by Crippen LogP contribution is 2.26. The lowest BCUT2D eigenvalue weighted by Gasteiger charge is -2.33. The van der Waals surface area contributed by atoms with Gasteiger partial charge in [-0.1, -0.05) is 36.4 Å². The van der Waals surface area contributed by atoms with Crippen LogP contribution in [0.5, 0.6) is 0 Å². The number of rotatable bonds is 5. The highest BCUT2D eigenvalue weighted by atomic mass is 32.2. The fourth-order valence-electron chi connectivity index (χ4n) is 3.23. The third-order valence-electron chi connectivity index (χ3n) is 4.71. The summed E-state index contributed by atoms with van der Waals surface area (Å²) in [4.78, 5) is 13.1. The van der Waals surface area contributed by atoms with Crippen molar-refractivity contribution in [2.75, 3.05) is 12.0 Å². The first kappa shape index (κ1) is 19.9. The molecular formula is C19H22N2O4S2. The van der Waals surface area contributed by atoms with Crippen LogP contribution >= 0.6 is 11.8 Å². The van der Waals surface area contributed by atoms with E-state index in [4.69, 9.17) is 5.21 Å². The second-order valence-corrected chi connectivity index (χ2v) is 9.34. The van der Waals surface area contributed by atoms with Gasteiger partial charge in [-0.2, -0.15) is 4.31 Å². The zero-order valence-corrected chi connectivity index (χ0v) is 16.6. The van der Waals surface area contributed by atoms with E-state index < -0.39 is 22.0 Å². The van der Waals surface area contributed by atoms with E-state index in [1.165, 1.54) is 9.20 Å². The summed E-state index contributed by atoms with van der Waals surface area (Å²) < 4.78 is 26.0. The van der Waals surface area contributed by atoms with E-state index >= 15 is 0 Å². The molecule has 0 aromatic heterocycles. The van der Waals surface area contributed by atoms with E-state index in [1.807, 2.05) is 30.5 Å². The van der Waals surface area contributed by atoms with Crippen LogP contribution in [0.15, 0.2) is 53.4 Å². The zero-order chi connectivity index (χ0) is 19.4. The van der Waals surface area contributed by atoms with Crippen LogP contribution in [-0.4, -0.2) is 41.9 Å². The quantitative estimate of drug-likeness (QED) is 0.453. The molecule has 1 aliphatic heterocycles. The van der Waals surface area contributed by atoms with Gasteiger partial charge in [0.1, 0.15) is 6.04 Å². The Morgan fingerprint density at radius 1 is 1.15 bits per heavy atom. The zero-order valence-electron chi connectivity index (χ0n) is 15.0. The molecule has 1 heterocycles. The molecule has 0 radical (unpaired) electrons. The van der Waals surface area contributed by atoms with Gasteiger partial charge in [-0.3, -0.25) is 10.0 Å². The van der Waals surface area contributed by atoms with E-state index in [1.54, 1.807) is 17.2 Å². The maximum Gasteiger partial charge on any atom is 0.261 e. The Bertz CT molecular complexity index is 896. The molecule has 2 aromatic rings. The summed E-state index contributed by atoms with van der Waals surface area (Å²) in [6.45, 7) is 0.103. The lowest BCUT2D eigenvalue weighted by molar-refractivity contribution is -0.133. The van der Waals surface area contributed by atoms with Gasteiger partial charge in [-0.05, 0) is 47.9 Å². The van der Waals surface area contributed by atoms with Gasteiger partial charge in [0, 0.05) is 11.4 Å². The summed E-state index contributed by atoms with van der Waals surface area (Å²) in [5, 5.41) is 8.92. The standard InChI is InChI=1S/C19H22N2O4S2/c1-26-17-10-8-16(9-11-17)15-6-4-14(5-7-15)13-21-18(19(22)20-23)3-2-12-27(21,24)25/h4-11,18,23H,2-3,12-13H2,1H3,(H,20,22)/t18-/m0/s1. The summed E-state index contributed by atoms with van der Waals surface area (Å²) in [6.07, 6.45) is 2.83. The van der Waals surface area contributed by atoms with Crippen molar-refractivity contribution in [2.45, 2.75) is 30.3 Å². The summed E-state index contributed by atoms with van der Waals surface area (Å²) in [7, 11) is -3.54. The Balaban J connectivity index is 1.80. The lowest BCUT2D eigenvalue weighted by Crippen LogP contribution is -2.51. The molecule has 144 valence electrons. The Labute approximate surface area is 163 Å². The highest BCUT2D eigenvalue weighted by molar-refractivity contribution is 7.98. The second-order valence-electron chi connectivity index (χ2n) is 6.42. The molecule has 0 aliphatic carbocycles. The first-order valence-corrected chi connectivity index (χ1v) is 11.4. The molecule has 3 rings (SSSR count). The van der Waals surface area contributed by atoms with Crippen LogP contribution in [0.25, 0.3) is 11.1 Å². The largest absolute Gasteiger partial charge is 0.289 e. The van der Waals surface area contributed by atoms with Crippen molar-refractivity contribution >= 4 is 27.7 Å². The Kier molecular flexibility index (Phi) is 6.21. The van der Waals surface area contributed by atoms with E-state index in [2.05, 4.69) is 24.3 Å². The Morgan fingerprint density at radius 2 is 1.74 bits per heavy atom. The summed E-state index contributed by atoms with van der Waals surface area (Å²) >= 11 is 1.69. The van der Waals surface area contributed by atoms with Crippen molar-refractivity contribution in [1.82, 2.24) is 9.79 Å². The van der Waals surface area contributed by atoms with Gasteiger partial charge in [-0.25, -0.2) is 13.9 Å². The van der Waals surface area contributed by atoms with Gasteiger partial charge < -0.3 is 0 Å².